The number of anilines is 1. The molecule has 4 heterocycles. The zero-order valence-electron chi connectivity index (χ0n) is 16.0. The van der Waals surface area contributed by atoms with Crippen LogP contribution in [0.2, 0.25) is 5.15 Å². The molecule has 0 spiro atoms. The van der Waals surface area contributed by atoms with Crippen LogP contribution in [0, 0.1) is 5.92 Å². The van der Waals surface area contributed by atoms with Gasteiger partial charge in [-0.05, 0) is 43.0 Å². The Balaban J connectivity index is 1.30. The lowest BCUT2D eigenvalue weighted by molar-refractivity contribution is 0.0637. The minimum atomic E-state index is 0.00257. The molecule has 6 nitrogen and oxygen atoms in total. The minimum absolute atomic E-state index is 0.00257. The Hall–Kier alpha value is -2.18. The van der Waals surface area contributed by atoms with Crippen molar-refractivity contribution in [3.05, 3.63) is 53.4 Å². The highest BCUT2D eigenvalue weighted by Gasteiger charge is 2.28. The summed E-state index contributed by atoms with van der Waals surface area (Å²) >= 11 is 6.12. The van der Waals surface area contributed by atoms with Gasteiger partial charge in [0, 0.05) is 58.2 Å². The average molecular weight is 400 g/mol. The van der Waals surface area contributed by atoms with E-state index in [9.17, 15) is 4.79 Å². The topological polar surface area (TPSA) is 52.6 Å². The van der Waals surface area contributed by atoms with Gasteiger partial charge >= 0.3 is 0 Å². The van der Waals surface area contributed by atoms with E-state index in [0.29, 0.717) is 16.6 Å². The zero-order chi connectivity index (χ0) is 19.3. The van der Waals surface area contributed by atoms with Crippen molar-refractivity contribution in [2.24, 2.45) is 5.92 Å². The van der Waals surface area contributed by atoms with Gasteiger partial charge in [-0.25, -0.2) is 9.97 Å². The summed E-state index contributed by atoms with van der Waals surface area (Å²) in [6.07, 6.45) is 5.68. The summed E-state index contributed by atoms with van der Waals surface area (Å²) in [5.74, 6) is 1.57. The smallest absolute Gasteiger partial charge is 0.256 e. The van der Waals surface area contributed by atoms with Gasteiger partial charge in [0.2, 0.25) is 0 Å². The number of carbonyl (C=O) groups excluding carboxylic acids is 1. The number of piperazine rings is 1. The van der Waals surface area contributed by atoms with Gasteiger partial charge in [-0.3, -0.25) is 9.69 Å². The maximum Gasteiger partial charge on any atom is 0.256 e. The second kappa shape index (κ2) is 8.88. The van der Waals surface area contributed by atoms with Gasteiger partial charge in [-0.2, -0.15) is 0 Å². The number of halogens is 1. The SMILES string of the molecule is O=C(c1cccnc1Cl)N1CCCC(CN2CCN(c3ccccn3)CC2)C1. The number of piperidine rings is 1. The number of carbonyl (C=O) groups is 1. The molecule has 2 aliphatic rings. The predicted molar refractivity (Wildman–Crippen MR) is 111 cm³/mol. The van der Waals surface area contributed by atoms with Gasteiger partial charge < -0.3 is 9.80 Å². The summed E-state index contributed by atoms with van der Waals surface area (Å²) in [7, 11) is 0. The Morgan fingerprint density at radius 2 is 1.86 bits per heavy atom. The first kappa shape index (κ1) is 19.2. The first-order chi connectivity index (χ1) is 13.7. The lowest BCUT2D eigenvalue weighted by Crippen LogP contribution is -2.50. The van der Waals surface area contributed by atoms with Crippen molar-refractivity contribution in [1.29, 1.82) is 0 Å². The number of aromatic nitrogens is 2. The third-order valence-corrected chi connectivity index (χ3v) is 5.96. The van der Waals surface area contributed by atoms with E-state index in [-0.39, 0.29) is 5.91 Å². The summed E-state index contributed by atoms with van der Waals surface area (Å²) in [6.45, 7) is 6.71. The highest BCUT2D eigenvalue weighted by Crippen LogP contribution is 2.23. The maximum absolute atomic E-state index is 12.8. The Labute approximate surface area is 171 Å². The number of likely N-dealkylation sites (tertiary alicyclic amines) is 1. The van der Waals surface area contributed by atoms with Crippen LogP contribution >= 0.6 is 11.6 Å². The quantitative estimate of drug-likeness (QED) is 0.740. The fourth-order valence-corrected chi connectivity index (χ4v) is 4.38. The Morgan fingerprint density at radius 3 is 2.61 bits per heavy atom. The van der Waals surface area contributed by atoms with Crippen LogP contribution in [-0.2, 0) is 0 Å². The van der Waals surface area contributed by atoms with E-state index in [0.717, 1.165) is 58.1 Å². The monoisotopic (exact) mass is 399 g/mol. The Morgan fingerprint density at radius 1 is 1.04 bits per heavy atom. The normalized spacial score (nSPS) is 21.0. The van der Waals surface area contributed by atoms with Crippen LogP contribution in [0.4, 0.5) is 5.82 Å². The van der Waals surface area contributed by atoms with E-state index >= 15 is 0 Å². The van der Waals surface area contributed by atoms with Gasteiger partial charge in [0.25, 0.3) is 5.91 Å². The summed E-state index contributed by atoms with van der Waals surface area (Å²) < 4.78 is 0. The molecule has 0 aliphatic carbocycles. The molecule has 0 bridgehead atoms. The molecule has 1 amide bonds. The molecule has 2 aromatic rings. The van der Waals surface area contributed by atoms with E-state index in [1.165, 1.54) is 6.42 Å². The molecule has 2 fully saturated rings. The molecule has 148 valence electrons. The molecule has 0 aromatic carbocycles. The molecule has 2 aromatic heterocycles. The lowest BCUT2D eigenvalue weighted by Gasteiger charge is -2.39. The molecule has 1 atom stereocenters. The number of hydrogen-bond donors (Lipinski definition) is 0. The summed E-state index contributed by atoms with van der Waals surface area (Å²) in [5, 5.41) is 0.292. The van der Waals surface area contributed by atoms with Crippen molar-refractivity contribution in [2.45, 2.75) is 12.8 Å². The van der Waals surface area contributed by atoms with Crippen LogP contribution in [-0.4, -0.2) is 71.5 Å². The lowest BCUT2D eigenvalue weighted by atomic mass is 9.96. The third kappa shape index (κ3) is 4.45. The summed E-state index contributed by atoms with van der Waals surface area (Å²) in [6, 6.07) is 9.59. The van der Waals surface area contributed by atoms with Gasteiger partial charge in [0.1, 0.15) is 11.0 Å². The molecule has 0 radical (unpaired) electrons. The predicted octanol–water partition coefficient (Wildman–Crippen LogP) is 2.80. The van der Waals surface area contributed by atoms with Crippen molar-refractivity contribution >= 4 is 23.3 Å². The van der Waals surface area contributed by atoms with Crippen LogP contribution in [0.15, 0.2) is 42.7 Å². The fraction of sp³-hybridized carbons (Fsp3) is 0.476. The van der Waals surface area contributed by atoms with Gasteiger partial charge in [-0.15, -0.1) is 0 Å². The molecule has 0 saturated carbocycles. The molecule has 4 rings (SSSR count). The number of pyridine rings is 2. The molecular weight excluding hydrogens is 374 g/mol. The number of nitrogens with zero attached hydrogens (tertiary/aromatic N) is 5. The van der Waals surface area contributed by atoms with Gasteiger partial charge in [-0.1, -0.05) is 17.7 Å². The van der Waals surface area contributed by atoms with E-state index in [4.69, 9.17) is 11.6 Å². The van der Waals surface area contributed by atoms with Crippen LogP contribution in [0.3, 0.4) is 0 Å². The van der Waals surface area contributed by atoms with Gasteiger partial charge in [0.05, 0.1) is 5.56 Å². The van der Waals surface area contributed by atoms with Crippen LogP contribution < -0.4 is 4.90 Å². The Bertz CT molecular complexity index is 794. The Kier molecular flexibility index (Phi) is 6.07. The zero-order valence-corrected chi connectivity index (χ0v) is 16.8. The largest absolute Gasteiger partial charge is 0.354 e. The van der Waals surface area contributed by atoms with Crippen molar-refractivity contribution < 1.29 is 4.79 Å². The highest BCUT2D eigenvalue weighted by atomic mass is 35.5. The van der Waals surface area contributed by atoms with E-state index < -0.39 is 0 Å². The molecule has 1 unspecified atom stereocenters. The van der Waals surface area contributed by atoms with Crippen LogP contribution in [0.5, 0.6) is 0 Å². The molecular formula is C21H26ClN5O. The molecule has 2 saturated heterocycles. The summed E-state index contributed by atoms with van der Waals surface area (Å²) in [5.41, 5.74) is 0.508. The van der Waals surface area contributed by atoms with E-state index in [2.05, 4.69) is 25.8 Å². The maximum atomic E-state index is 12.8. The fourth-order valence-electron chi connectivity index (χ4n) is 4.18. The molecule has 0 N–H and O–H groups in total. The highest BCUT2D eigenvalue weighted by molar-refractivity contribution is 6.32. The molecule has 2 aliphatic heterocycles. The van der Waals surface area contributed by atoms with Crippen LogP contribution in [0.25, 0.3) is 0 Å². The third-order valence-electron chi connectivity index (χ3n) is 5.66. The first-order valence-corrected chi connectivity index (χ1v) is 10.4. The molecule has 7 heteroatoms. The number of rotatable bonds is 4. The number of hydrogen-bond acceptors (Lipinski definition) is 5. The first-order valence-electron chi connectivity index (χ1n) is 9.99. The van der Waals surface area contributed by atoms with Crippen molar-refractivity contribution in [1.82, 2.24) is 19.8 Å². The van der Waals surface area contributed by atoms with E-state index in [1.807, 2.05) is 23.2 Å². The standard InChI is InChI=1S/C21H26ClN5O/c22-20-18(6-3-9-24-20)21(28)27-10-4-5-17(16-27)15-25-11-13-26(14-12-25)19-7-1-2-8-23-19/h1-3,6-9,17H,4-5,10-16H2. The second-order valence-corrected chi connectivity index (χ2v) is 7.93. The van der Waals surface area contributed by atoms with Crippen molar-refractivity contribution in [3.63, 3.8) is 0 Å². The second-order valence-electron chi connectivity index (χ2n) is 7.58. The number of amides is 1. The van der Waals surface area contributed by atoms with Gasteiger partial charge in [0.15, 0.2) is 0 Å². The average Bonchev–Trinajstić information content (AvgIpc) is 2.75. The van der Waals surface area contributed by atoms with Crippen molar-refractivity contribution in [3.8, 4) is 0 Å². The molecule has 28 heavy (non-hydrogen) atoms. The van der Waals surface area contributed by atoms with E-state index in [1.54, 1.807) is 18.3 Å². The summed E-state index contributed by atoms with van der Waals surface area (Å²) in [4.78, 5) is 28.1. The van der Waals surface area contributed by atoms with Crippen molar-refractivity contribution in [2.75, 3.05) is 50.7 Å². The minimum Gasteiger partial charge on any atom is -0.354 e. The van der Waals surface area contributed by atoms with Crippen LogP contribution in [0.1, 0.15) is 23.2 Å².